The lowest BCUT2D eigenvalue weighted by molar-refractivity contribution is 0.209. The topological polar surface area (TPSA) is 22.1 Å². The molecule has 28 heavy (non-hydrogen) atoms. The standard InChI is InChI=1S/C26H37NO/c1-2-3-4-5-6-8-11-22-14-19-26(27-20-22)24-15-17-25(18-16-24)28-21-23-12-9-7-10-13-23/h14-20,23H,2-13,21H2,1H3. The Morgan fingerprint density at radius 3 is 2.32 bits per heavy atom. The minimum absolute atomic E-state index is 0.745. The molecule has 1 aromatic carbocycles. The summed E-state index contributed by atoms with van der Waals surface area (Å²) in [6.45, 7) is 3.13. The van der Waals surface area contributed by atoms with Crippen LogP contribution in [0.2, 0.25) is 0 Å². The van der Waals surface area contributed by atoms with E-state index < -0.39 is 0 Å². The molecule has 2 nitrogen and oxygen atoms in total. The van der Waals surface area contributed by atoms with Gasteiger partial charge in [0.05, 0.1) is 12.3 Å². The first-order valence-electron chi connectivity index (χ1n) is 11.5. The lowest BCUT2D eigenvalue weighted by Gasteiger charge is -2.21. The van der Waals surface area contributed by atoms with Crippen molar-refractivity contribution in [3.05, 3.63) is 48.2 Å². The van der Waals surface area contributed by atoms with Crippen molar-refractivity contribution in [2.24, 2.45) is 5.92 Å². The van der Waals surface area contributed by atoms with Gasteiger partial charge in [-0.2, -0.15) is 0 Å². The number of hydrogen-bond acceptors (Lipinski definition) is 2. The smallest absolute Gasteiger partial charge is 0.119 e. The number of ether oxygens (including phenoxy) is 1. The van der Waals surface area contributed by atoms with E-state index in [0.717, 1.165) is 36.0 Å². The summed E-state index contributed by atoms with van der Waals surface area (Å²) >= 11 is 0. The molecule has 1 aliphatic rings. The molecule has 0 unspecified atom stereocenters. The number of nitrogens with zero attached hydrogens (tertiary/aromatic N) is 1. The summed E-state index contributed by atoms with van der Waals surface area (Å²) in [5, 5.41) is 0. The van der Waals surface area contributed by atoms with Gasteiger partial charge in [-0.15, -0.1) is 0 Å². The van der Waals surface area contributed by atoms with Gasteiger partial charge in [0.2, 0.25) is 0 Å². The summed E-state index contributed by atoms with van der Waals surface area (Å²) < 4.78 is 6.01. The Morgan fingerprint density at radius 2 is 1.61 bits per heavy atom. The Kier molecular flexibility index (Phi) is 8.87. The third kappa shape index (κ3) is 6.96. The van der Waals surface area contributed by atoms with E-state index in [9.17, 15) is 0 Å². The number of aromatic nitrogens is 1. The van der Waals surface area contributed by atoms with Crippen LogP contribution in [-0.4, -0.2) is 11.6 Å². The van der Waals surface area contributed by atoms with Crippen molar-refractivity contribution in [3.8, 4) is 17.0 Å². The average Bonchev–Trinajstić information content (AvgIpc) is 2.76. The Labute approximate surface area is 171 Å². The van der Waals surface area contributed by atoms with Crippen LogP contribution in [0, 0.1) is 5.92 Å². The van der Waals surface area contributed by atoms with Crippen molar-refractivity contribution in [1.29, 1.82) is 0 Å². The largest absolute Gasteiger partial charge is 0.493 e. The van der Waals surface area contributed by atoms with Gasteiger partial charge >= 0.3 is 0 Å². The second-order valence-electron chi connectivity index (χ2n) is 8.41. The SMILES string of the molecule is CCCCCCCCc1ccc(-c2ccc(OCC3CCCCC3)cc2)nc1. The van der Waals surface area contributed by atoms with Crippen LogP contribution in [0.4, 0.5) is 0 Å². The molecule has 0 atom stereocenters. The molecule has 0 saturated heterocycles. The van der Waals surface area contributed by atoms with Crippen LogP contribution in [0.25, 0.3) is 11.3 Å². The molecule has 2 aromatic rings. The highest BCUT2D eigenvalue weighted by molar-refractivity contribution is 5.60. The van der Waals surface area contributed by atoms with Crippen molar-refractivity contribution in [2.75, 3.05) is 6.61 Å². The number of benzene rings is 1. The Balaban J connectivity index is 1.43. The van der Waals surface area contributed by atoms with Gasteiger partial charge in [-0.3, -0.25) is 4.98 Å². The van der Waals surface area contributed by atoms with Gasteiger partial charge in [-0.25, -0.2) is 0 Å². The molecule has 0 bridgehead atoms. The first-order valence-corrected chi connectivity index (χ1v) is 11.5. The van der Waals surface area contributed by atoms with Gasteiger partial charge in [-0.1, -0.05) is 64.4 Å². The maximum atomic E-state index is 6.01. The maximum absolute atomic E-state index is 6.01. The Hall–Kier alpha value is -1.83. The number of pyridine rings is 1. The molecule has 1 fully saturated rings. The number of aryl methyl sites for hydroxylation is 1. The lowest BCUT2D eigenvalue weighted by Crippen LogP contribution is -2.15. The van der Waals surface area contributed by atoms with Gasteiger partial charge in [0.15, 0.2) is 0 Å². The quantitative estimate of drug-likeness (QED) is 0.375. The summed E-state index contributed by atoms with van der Waals surface area (Å²) in [4.78, 5) is 4.69. The fraction of sp³-hybridized carbons (Fsp3) is 0.577. The second-order valence-corrected chi connectivity index (χ2v) is 8.41. The Bertz CT molecular complexity index is 656. The van der Waals surface area contributed by atoms with Gasteiger partial charge in [-0.05, 0) is 67.5 Å². The van der Waals surface area contributed by atoms with Gasteiger partial charge in [0.25, 0.3) is 0 Å². The normalized spacial score (nSPS) is 14.9. The first-order chi connectivity index (χ1) is 13.8. The lowest BCUT2D eigenvalue weighted by atomic mass is 9.90. The van der Waals surface area contributed by atoms with E-state index in [4.69, 9.17) is 4.74 Å². The highest BCUT2D eigenvalue weighted by Crippen LogP contribution is 2.26. The van der Waals surface area contributed by atoms with Crippen LogP contribution < -0.4 is 4.74 Å². The van der Waals surface area contributed by atoms with Crippen molar-refractivity contribution in [1.82, 2.24) is 4.98 Å². The van der Waals surface area contributed by atoms with E-state index in [2.05, 4.69) is 54.5 Å². The molecule has 152 valence electrons. The van der Waals surface area contributed by atoms with E-state index in [1.165, 1.54) is 76.2 Å². The van der Waals surface area contributed by atoms with Crippen LogP contribution in [0.1, 0.15) is 83.1 Å². The van der Waals surface area contributed by atoms with E-state index in [0.29, 0.717) is 0 Å². The predicted octanol–water partition coefficient (Wildman–Crippen LogP) is 7.61. The molecule has 2 heteroatoms. The summed E-state index contributed by atoms with van der Waals surface area (Å²) in [7, 11) is 0. The van der Waals surface area contributed by atoms with E-state index >= 15 is 0 Å². The van der Waals surface area contributed by atoms with Crippen LogP contribution in [0.5, 0.6) is 5.75 Å². The third-order valence-corrected chi connectivity index (χ3v) is 6.00. The summed E-state index contributed by atoms with van der Waals surface area (Å²) in [6, 6.07) is 12.8. The molecule has 1 aliphatic carbocycles. The number of rotatable bonds is 11. The third-order valence-electron chi connectivity index (χ3n) is 6.00. The molecule has 0 amide bonds. The zero-order valence-electron chi connectivity index (χ0n) is 17.7. The maximum Gasteiger partial charge on any atom is 0.119 e. The summed E-state index contributed by atoms with van der Waals surface area (Å²) in [6.07, 6.45) is 18.0. The molecule has 0 N–H and O–H groups in total. The summed E-state index contributed by atoms with van der Waals surface area (Å²) in [5.74, 6) is 1.73. The molecule has 0 aliphatic heterocycles. The Morgan fingerprint density at radius 1 is 0.857 bits per heavy atom. The van der Waals surface area contributed by atoms with Crippen molar-refractivity contribution < 1.29 is 4.74 Å². The minimum atomic E-state index is 0.745. The van der Waals surface area contributed by atoms with Crippen LogP contribution in [-0.2, 0) is 6.42 Å². The zero-order valence-corrected chi connectivity index (χ0v) is 17.7. The van der Waals surface area contributed by atoms with E-state index in [1.54, 1.807) is 0 Å². The number of unbranched alkanes of at least 4 members (excludes halogenated alkanes) is 5. The highest BCUT2D eigenvalue weighted by Gasteiger charge is 2.13. The van der Waals surface area contributed by atoms with Crippen LogP contribution in [0.3, 0.4) is 0 Å². The average molecular weight is 380 g/mol. The second kappa shape index (κ2) is 11.9. The molecule has 1 saturated carbocycles. The summed E-state index contributed by atoms with van der Waals surface area (Å²) in [5.41, 5.74) is 3.56. The molecule has 3 rings (SSSR count). The van der Waals surface area contributed by atoms with Crippen LogP contribution in [0.15, 0.2) is 42.6 Å². The number of hydrogen-bond donors (Lipinski definition) is 0. The van der Waals surface area contributed by atoms with Gasteiger partial charge in [0, 0.05) is 11.8 Å². The fourth-order valence-corrected chi connectivity index (χ4v) is 4.14. The van der Waals surface area contributed by atoms with Crippen molar-refractivity contribution in [2.45, 2.75) is 84.0 Å². The zero-order chi connectivity index (χ0) is 19.4. The highest BCUT2D eigenvalue weighted by atomic mass is 16.5. The fourth-order valence-electron chi connectivity index (χ4n) is 4.14. The molecule has 0 spiro atoms. The minimum Gasteiger partial charge on any atom is -0.493 e. The van der Waals surface area contributed by atoms with E-state index in [-0.39, 0.29) is 0 Å². The van der Waals surface area contributed by atoms with Crippen LogP contribution >= 0.6 is 0 Å². The first kappa shape index (κ1) is 20.9. The monoisotopic (exact) mass is 379 g/mol. The van der Waals surface area contributed by atoms with Crippen molar-refractivity contribution >= 4 is 0 Å². The molecule has 1 heterocycles. The predicted molar refractivity (Wildman–Crippen MR) is 119 cm³/mol. The molecule has 0 radical (unpaired) electrons. The van der Waals surface area contributed by atoms with E-state index in [1.807, 2.05) is 0 Å². The van der Waals surface area contributed by atoms with Gasteiger partial charge < -0.3 is 4.74 Å². The van der Waals surface area contributed by atoms with Crippen molar-refractivity contribution in [3.63, 3.8) is 0 Å². The van der Waals surface area contributed by atoms with Gasteiger partial charge in [0.1, 0.15) is 5.75 Å². The molecule has 1 aromatic heterocycles. The molecular formula is C26H37NO. The molecular weight excluding hydrogens is 342 g/mol.